The van der Waals surface area contributed by atoms with Gasteiger partial charge in [-0.1, -0.05) is 13.8 Å². The smallest absolute Gasteiger partial charge is 0.0102 e. The third kappa shape index (κ3) is 4.73. The highest BCUT2D eigenvalue weighted by atomic mass is 15.1. The molecule has 0 aromatic rings. The summed E-state index contributed by atoms with van der Waals surface area (Å²) in [5, 5.41) is 3.20. The second kappa shape index (κ2) is 7.56. The van der Waals surface area contributed by atoms with Crippen LogP contribution in [0.2, 0.25) is 0 Å². The number of nitrogens with one attached hydrogen (secondary N) is 1. The van der Waals surface area contributed by atoms with Gasteiger partial charge in [-0.3, -0.25) is 0 Å². The Kier molecular flexibility index (Phi) is 7.51. The maximum absolute atomic E-state index is 3.20. The minimum Gasteiger partial charge on any atom is -0.320 e. The molecule has 0 aliphatic carbocycles. The Morgan fingerprint density at radius 3 is 2.42 bits per heavy atom. The first-order valence-corrected chi connectivity index (χ1v) is 5.11. The quantitative estimate of drug-likeness (QED) is 0.629. The van der Waals surface area contributed by atoms with Crippen LogP contribution in [0.25, 0.3) is 0 Å². The molecule has 1 unspecified atom stereocenters. The second-order valence-corrected chi connectivity index (χ2v) is 3.43. The zero-order chi connectivity index (χ0) is 9.40. The van der Waals surface area contributed by atoms with Gasteiger partial charge in [0, 0.05) is 6.04 Å². The van der Waals surface area contributed by atoms with E-state index in [4.69, 9.17) is 0 Å². The third-order valence-electron chi connectivity index (χ3n) is 2.40. The molecule has 0 fully saturated rings. The van der Waals surface area contributed by atoms with Crippen LogP contribution in [-0.4, -0.2) is 38.1 Å². The van der Waals surface area contributed by atoms with E-state index in [-0.39, 0.29) is 0 Å². The predicted molar refractivity (Wildman–Crippen MR) is 55.5 cm³/mol. The van der Waals surface area contributed by atoms with Crippen LogP contribution in [0.15, 0.2) is 0 Å². The minimum absolute atomic E-state index is 0.761. The highest BCUT2D eigenvalue weighted by Gasteiger charge is 2.09. The van der Waals surface area contributed by atoms with Gasteiger partial charge in [0.05, 0.1) is 0 Å². The van der Waals surface area contributed by atoms with E-state index in [1.807, 2.05) is 7.05 Å². The van der Waals surface area contributed by atoms with Crippen molar-refractivity contribution in [3.8, 4) is 0 Å². The SMILES string of the molecule is CCCN(C)C(CC)CCNC. The first-order chi connectivity index (χ1) is 5.76. The number of hydrogen-bond donors (Lipinski definition) is 1. The van der Waals surface area contributed by atoms with Crippen LogP contribution in [-0.2, 0) is 0 Å². The van der Waals surface area contributed by atoms with E-state index in [1.165, 1.54) is 25.8 Å². The topological polar surface area (TPSA) is 15.3 Å². The Morgan fingerprint density at radius 1 is 1.33 bits per heavy atom. The largest absolute Gasteiger partial charge is 0.320 e. The Balaban J connectivity index is 3.62. The van der Waals surface area contributed by atoms with Crippen LogP contribution in [0.3, 0.4) is 0 Å². The molecule has 0 aromatic heterocycles. The van der Waals surface area contributed by atoms with Gasteiger partial charge in [-0.25, -0.2) is 0 Å². The summed E-state index contributed by atoms with van der Waals surface area (Å²) >= 11 is 0. The molecule has 0 aromatic carbocycles. The van der Waals surface area contributed by atoms with Gasteiger partial charge in [0.25, 0.3) is 0 Å². The van der Waals surface area contributed by atoms with E-state index in [1.54, 1.807) is 0 Å². The Labute approximate surface area is 77.3 Å². The molecule has 1 atom stereocenters. The van der Waals surface area contributed by atoms with E-state index in [0.29, 0.717) is 0 Å². The zero-order valence-corrected chi connectivity index (χ0v) is 9.06. The second-order valence-electron chi connectivity index (χ2n) is 3.43. The molecule has 1 N–H and O–H groups in total. The van der Waals surface area contributed by atoms with Crippen molar-refractivity contribution in [1.29, 1.82) is 0 Å². The van der Waals surface area contributed by atoms with Crippen molar-refractivity contribution in [1.82, 2.24) is 10.2 Å². The Bertz CT molecular complexity index is 93.8. The van der Waals surface area contributed by atoms with Crippen LogP contribution in [0.1, 0.15) is 33.1 Å². The van der Waals surface area contributed by atoms with Crippen molar-refractivity contribution < 1.29 is 0 Å². The van der Waals surface area contributed by atoms with Crippen molar-refractivity contribution in [3.63, 3.8) is 0 Å². The average molecular weight is 172 g/mol. The van der Waals surface area contributed by atoms with Crippen LogP contribution in [0.5, 0.6) is 0 Å². The molecule has 0 heterocycles. The average Bonchev–Trinajstić information content (AvgIpc) is 2.06. The lowest BCUT2D eigenvalue weighted by Gasteiger charge is -2.26. The van der Waals surface area contributed by atoms with Crippen molar-refractivity contribution in [2.24, 2.45) is 0 Å². The summed E-state index contributed by atoms with van der Waals surface area (Å²) in [5.41, 5.74) is 0. The van der Waals surface area contributed by atoms with E-state index in [9.17, 15) is 0 Å². The molecule has 0 aliphatic heterocycles. The van der Waals surface area contributed by atoms with E-state index >= 15 is 0 Å². The Morgan fingerprint density at radius 2 is 2.00 bits per heavy atom. The van der Waals surface area contributed by atoms with Gasteiger partial charge in [-0.2, -0.15) is 0 Å². The van der Waals surface area contributed by atoms with Gasteiger partial charge < -0.3 is 10.2 Å². The van der Waals surface area contributed by atoms with Crippen LogP contribution < -0.4 is 5.32 Å². The van der Waals surface area contributed by atoms with Gasteiger partial charge in [-0.15, -0.1) is 0 Å². The standard InChI is InChI=1S/C10H24N2/c1-5-9-12(4)10(6-2)7-8-11-3/h10-11H,5-9H2,1-4H3. The molecule has 0 aliphatic rings. The fourth-order valence-corrected chi connectivity index (χ4v) is 1.58. The summed E-state index contributed by atoms with van der Waals surface area (Å²) < 4.78 is 0. The number of rotatable bonds is 7. The number of nitrogens with zero attached hydrogens (tertiary/aromatic N) is 1. The molecule has 0 radical (unpaired) electrons. The third-order valence-corrected chi connectivity index (χ3v) is 2.40. The lowest BCUT2D eigenvalue weighted by molar-refractivity contribution is 0.224. The molecular weight excluding hydrogens is 148 g/mol. The van der Waals surface area contributed by atoms with E-state index in [2.05, 4.69) is 31.1 Å². The van der Waals surface area contributed by atoms with Crippen molar-refractivity contribution in [2.75, 3.05) is 27.2 Å². The molecule has 0 bridgehead atoms. The maximum atomic E-state index is 3.20. The van der Waals surface area contributed by atoms with E-state index < -0.39 is 0 Å². The zero-order valence-electron chi connectivity index (χ0n) is 9.06. The van der Waals surface area contributed by atoms with Crippen molar-refractivity contribution >= 4 is 0 Å². The molecule has 2 nitrogen and oxygen atoms in total. The summed E-state index contributed by atoms with van der Waals surface area (Å²) in [7, 11) is 4.25. The lowest BCUT2D eigenvalue weighted by Crippen LogP contribution is -2.34. The molecule has 0 amide bonds. The molecular formula is C10H24N2. The normalized spacial score (nSPS) is 13.8. The summed E-state index contributed by atoms with van der Waals surface area (Å²) in [6.07, 6.45) is 3.79. The van der Waals surface area contributed by atoms with Gasteiger partial charge in [0.2, 0.25) is 0 Å². The molecule has 0 saturated heterocycles. The van der Waals surface area contributed by atoms with Gasteiger partial charge in [0.15, 0.2) is 0 Å². The maximum Gasteiger partial charge on any atom is 0.0102 e. The first-order valence-electron chi connectivity index (χ1n) is 5.11. The van der Waals surface area contributed by atoms with Gasteiger partial charge in [0.1, 0.15) is 0 Å². The van der Waals surface area contributed by atoms with Gasteiger partial charge in [-0.05, 0) is 46.4 Å². The van der Waals surface area contributed by atoms with Crippen LogP contribution in [0.4, 0.5) is 0 Å². The van der Waals surface area contributed by atoms with Crippen molar-refractivity contribution in [3.05, 3.63) is 0 Å². The van der Waals surface area contributed by atoms with E-state index in [0.717, 1.165) is 12.6 Å². The first kappa shape index (κ1) is 11.9. The molecule has 74 valence electrons. The van der Waals surface area contributed by atoms with Crippen LogP contribution in [0, 0.1) is 0 Å². The summed E-state index contributed by atoms with van der Waals surface area (Å²) in [4.78, 5) is 2.47. The highest BCUT2D eigenvalue weighted by Crippen LogP contribution is 2.05. The summed E-state index contributed by atoms with van der Waals surface area (Å²) in [5.74, 6) is 0. The molecule has 12 heavy (non-hydrogen) atoms. The fourth-order valence-electron chi connectivity index (χ4n) is 1.58. The van der Waals surface area contributed by atoms with Crippen LogP contribution >= 0.6 is 0 Å². The highest BCUT2D eigenvalue weighted by molar-refractivity contribution is 4.67. The van der Waals surface area contributed by atoms with Gasteiger partial charge >= 0.3 is 0 Å². The summed E-state index contributed by atoms with van der Waals surface area (Å²) in [6.45, 7) is 6.86. The molecule has 2 heteroatoms. The number of hydrogen-bond acceptors (Lipinski definition) is 2. The summed E-state index contributed by atoms with van der Waals surface area (Å²) in [6, 6.07) is 0.761. The minimum atomic E-state index is 0.761. The fraction of sp³-hybridized carbons (Fsp3) is 1.00. The molecule has 0 spiro atoms. The van der Waals surface area contributed by atoms with Crippen molar-refractivity contribution in [2.45, 2.75) is 39.2 Å². The lowest BCUT2D eigenvalue weighted by atomic mass is 10.1. The monoisotopic (exact) mass is 172 g/mol. The Hall–Kier alpha value is -0.0800. The predicted octanol–water partition coefficient (Wildman–Crippen LogP) is 1.72. The molecule has 0 rings (SSSR count). The molecule has 0 saturated carbocycles.